The highest BCUT2D eigenvalue weighted by Crippen LogP contribution is 2.25. The molecular weight excluding hydrogens is 382 g/mol. The monoisotopic (exact) mass is 413 g/mol. The molecule has 5 N–H and O–H groups in total. The van der Waals surface area contributed by atoms with E-state index >= 15 is 0 Å². The maximum atomic E-state index is 12.9. The van der Waals surface area contributed by atoms with Crippen LogP contribution in [0.25, 0.3) is 0 Å². The molecule has 2 rings (SSSR count). The van der Waals surface area contributed by atoms with Crippen LogP contribution in [0.2, 0.25) is 0 Å². The summed E-state index contributed by atoms with van der Waals surface area (Å²) in [5.41, 5.74) is 14.0. The minimum Gasteiger partial charge on any atom is -0.344 e. The second-order valence-corrected chi connectivity index (χ2v) is 8.05. The molecule has 29 heavy (non-hydrogen) atoms. The summed E-state index contributed by atoms with van der Waals surface area (Å²) in [5, 5.41) is 2.77. The van der Waals surface area contributed by atoms with Crippen LogP contribution in [0.1, 0.15) is 37.3 Å². The lowest BCUT2D eigenvalue weighted by atomic mass is 10.0. The molecule has 0 fully saturated rings. The summed E-state index contributed by atoms with van der Waals surface area (Å²) in [6.07, 6.45) is 3.26. The number of hydrogen-bond donors (Lipinski definition) is 3. The Morgan fingerprint density at radius 1 is 1.03 bits per heavy atom. The molecule has 0 aliphatic heterocycles. The minimum absolute atomic E-state index is 0.0806. The van der Waals surface area contributed by atoms with Gasteiger partial charge in [-0.15, -0.1) is 0 Å². The molecular formula is C23H31N3O2S. The lowest BCUT2D eigenvalue weighted by Gasteiger charge is -2.20. The zero-order chi connectivity index (χ0) is 21.1. The number of aryl methyl sites for hydroxylation is 2. The Kier molecular flexibility index (Phi) is 9.91. The summed E-state index contributed by atoms with van der Waals surface area (Å²) in [6, 6.07) is 16.5. The Balaban J connectivity index is 1.97. The van der Waals surface area contributed by atoms with Crippen LogP contribution in [0.15, 0.2) is 59.5 Å². The summed E-state index contributed by atoms with van der Waals surface area (Å²) in [5.74, 6) is -0.291. The molecule has 2 aromatic carbocycles. The van der Waals surface area contributed by atoms with Gasteiger partial charge >= 0.3 is 0 Å². The molecule has 2 atom stereocenters. The van der Waals surface area contributed by atoms with Gasteiger partial charge in [0.1, 0.15) is 0 Å². The highest BCUT2D eigenvalue weighted by Gasteiger charge is 2.24. The maximum absolute atomic E-state index is 12.9. The van der Waals surface area contributed by atoms with E-state index in [-0.39, 0.29) is 11.0 Å². The first-order valence-electron chi connectivity index (χ1n) is 10.1. The van der Waals surface area contributed by atoms with Crippen molar-refractivity contribution in [1.29, 1.82) is 0 Å². The third kappa shape index (κ3) is 7.65. The van der Waals surface area contributed by atoms with E-state index < -0.39 is 12.1 Å². The summed E-state index contributed by atoms with van der Waals surface area (Å²) >= 11 is 1.18. The van der Waals surface area contributed by atoms with Gasteiger partial charge in [-0.2, -0.15) is 0 Å². The molecule has 0 saturated carbocycles. The zero-order valence-electron chi connectivity index (χ0n) is 17.0. The number of nitrogens with two attached hydrogens (primary N) is 2. The molecule has 0 heterocycles. The van der Waals surface area contributed by atoms with E-state index in [1.807, 2.05) is 54.6 Å². The number of benzene rings is 2. The van der Waals surface area contributed by atoms with E-state index in [0.717, 1.165) is 28.9 Å². The van der Waals surface area contributed by atoms with Crippen LogP contribution in [0.3, 0.4) is 0 Å². The molecule has 0 radical (unpaired) electrons. The standard InChI is InChI=1S/C23H31N3O2S/c1-2-18-11-6-7-13-21(18)29-23(28)20(12-8-16-24)26-22(27)19(25)15-14-17-9-4-3-5-10-17/h3-7,9-11,13,19-20H,2,8,12,14-16,24-25H2,1H3,(H,26,27)/t19-,20-/m0/s1. The van der Waals surface area contributed by atoms with Gasteiger partial charge in [0, 0.05) is 4.90 Å². The Labute approximate surface area is 177 Å². The van der Waals surface area contributed by atoms with E-state index in [1.165, 1.54) is 11.8 Å². The molecule has 5 nitrogen and oxygen atoms in total. The summed E-state index contributed by atoms with van der Waals surface area (Å²) in [4.78, 5) is 26.4. The minimum atomic E-state index is -0.656. The van der Waals surface area contributed by atoms with Crippen LogP contribution < -0.4 is 16.8 Å². The number of carbonyl (C=O) groups is 2. The van der Waals surface area contributed by atoms with Crippen molar-refractivity contribution in [2.45, 2.75) is 56.0 Å². The van der Waals surface area contributed by atoms with Crippen molar-refractivity contribution < 1.29 is 9.59 Å². The van der Waals surface area contributed by atoms with Crippen molar-refractivity contribution in [3.05, 3.63) is 65.7 Å². The summed E-state index contributed by atoms with van der Waals surface area (Å²) < 4.78 is 0. The van der Waals surface area contributed by atoms with Crippen LogP contribution in [0.5, 0.6) is 0 Å². The van der Waals surface area contributed by atoms with E-state index in [0.29, 0.717) is 25.8 Å². The molecule has 0 aromatic heterocycles. The predicted molar refractivity (Wildman–Crippen MR) is 120 cm³/mol. The topological polar surface area (TPSA) is 98.2 Å². The fourth-order valence-corrected chi connectivity index (χ4v) is 4.05. The average Bonchev–Trinajstić information content (AvgIpc) is 2.75. The second kappa shape index (κ2) is 12.4. The second-order valence-electron chi connectivity index (χ2n) is 7.01. The average molecular weight is 414 g/mol. The number of carbonyl (C=O) groups excluding carboxylic acids is 2. The van der Waals surface area contributed by atoms with Crippen molar-refractivity contribution in [3.8, 4) is 0 Å². The van der Waals surface area contributed by atoms with Crippen molar-refractivity contribution >= 4 is 22.8 Å². The smallest absolute Gasteiger partial charge is 0.237 e. The van der Waals surface area contributed by atoms with Gasteiger partial charge < -0.3 is 16.8 Å². The first-order valence-corrected chi connectivity index (χ1v) is 11.0. The number of amides is 1. The molecule has 0 aliphatic carbocycles. The third-order valence-corrected chi connectivity index (χ3v) is 5.89. The Morgan fingerprint density at radius 3 is 2.41 bits per heavy atom. The molecule has 0 saturated heterocycles. The SMILES string of the molecule is CCc1ccccc1SC(=O)[C@H](CCCN)NC(=O)[C@@H](N)CCc1ccccc1. The fraction of sp³-hybridized carbons (Fsp3) is 0.391. The quantitative estimate of drug-likeness (QED) is 0.492. The molecule has 156 valence electrons. The highest BCUT2D eigenvalue weighted by atomic mass is 32.2. The van der Waals surface area contributed by atoms with Crippen LogP contribution in [-0.2, 0) is 22.4 Å². The largest absolute Gasteiger partial charge is 0.344 e. The van der Waals surface area contributed by atoms with E-state index in [1.54, 1.807) is 0 Å². The van der Waals surface area contributed by atoms with Crippen LogP contribution in [0, 0.1) is 0 Å². The highest BCUT2D eigenvalue weighted by molar-refractivity contribution is 8.13. The van der Waals surface area contributed by atoms with Crippen molar-refractivity contribution in [1.82, 2.24) is 5.32 Å². The van der Waals surface area contributed by atoms with Crippen LogP contribution >= 0.6 is 11.8 Å². The van der Waals surface area contributed by atoms with Gasteiger partial charge in [0.2, 0.25) is 11.0 Å². The van der Waals surface area contributed by atoms with Gasteiger partial charge in [-0.1, -0.05) is 55.5 Å². The number of rotatable bonds is 11. The normalized spacial score (nSPS) is 12.9. The Bertz CT molecular complexity index is 783. The van der Waals surface area contributed by atoms with Crippen molar-refractivity contribution in [2.75, 3.05) is 6.54 Å². The fourth-order valence-electron chi connectivity index (χ4n) is 3.02. The van der Waals surface area contributed by atoms with Crippen molar-refractivity contribution in [2.24, 2.45) is 11.5 Å². The molecule has 2 aromatic rings. The van der Waals surface area contributed by atoms with E-state index in [9.17, 15) is 9.59 Å². The zero-order valence-corrected chi connectivity index (χ0v) is 17.8. The first-order chi connectivity index (χ1) is 14.0. The summed E-state index contributed by atoms with van der Waals surface area (Å²) in [6.45, 7) is 2.53. The molecule has 6 heteroatoms. The van der Waals surface area contributed by atoms with Gasteiger partial charge in [0.15, 0.2) is 0 Å². The van der Waals surface area contributed by atoms with Gasteiger partial charge in [0.25, 0.3) is 0 Å². The third-order valence-electron chi connectivity index (χ3n) is 4.79. The van der Waals surface area contributed by atoms with E-state index in [2.05, 4.69) is 12.2 Å². The van der Waals surface area contributed by atoms with Gasteiger partial charge in [-0.25, -0.2) is 0 Å². The van der Waals surface area contributed by atoms with E-state index in [4.69, 9.17) is 11.5 Å². The lowest BCUT2D eigenvalue weighted by molar-refractivity contribution is -0.126. The molecule has 0 aliphatic rings. The Morgan fingerprint density at radius 2 is 1.72 bits per heavy atom. The maximum Gasteiger partial charge on any atom is 0.237 e. The number of nitrogens with one attached hydrogen (secondary N) is 1. The first kappa shape index (κ1) is 23.1. The summed E-state index contributed by atoms with van der Waals surface area (Å²) in [7, 11) is 0. The molecule has 0 bridgehead atoms. The van der Waals surface area contributed by atoms with Gasteiger partial charge in [-0.05, 0) is 67.6 Å². The molecule has 0 spiro atoms. The van der Waals surface area contributed by atoms with Crippen molar-refractivity contribution in [3.63, 3.8) is 0 Å². The van der Waals surface area contributed by atoms with Crippen LogP contribution in [0.4, 0.5) is 0 Å². The molecule has 0 unspecified atom stereocenters. The van der Waals surface area contributed by atoms with Gasteiger partial charge in [0.05, 0.1) is 12.1 Å². The van der Waals surface area contributed by atoms with Crippen LogP contribution in [-0.4, -0.2) is 29.7 Å². The molecule has 1 amide bonds. The number of hydrogen-bond acceptors (Lipinski definition) is 5. The predicted octanol–water partition coefficient (Wildman–Crippen LogP) is 3.05. The Hall–Kier alpha value is -2.15. The number of thioether (sulfide) groups is 1. The lowest BCUT2D eigenvalue weighted by Crippen LogP contribution is -2.48. The van der Waals surface area contributed by atoms with Gasteiger partial charge in [-0.3, -0.25) is 9.59 Å².